The standard InChI is InChI=1S/C17H12F3N3O/c18-17(19,20)15-3-1-2-14(9-15)16(23-22-11-24)8-12-4-6-13(10-21)7-5-12/h1-7,9,11H,8H2,(H,22,24)/b23-16-. The van der Waals surface area contributed by atoms with E-state index in [-0.39, 0.29) is 17.7 Å². The van der Waals surface area contributed by atoms with Crippen LogP contribution in [0.1, 0.15) is 22.3 Å². The van der Waals surface area contributed by atoms with Gasteiger partial charge in [-0.25, -0.2) is 5.43 Å². The highest BCUT2D eigenvalue weighted by Crippen LogP contribution is 2.29. The molecule has 2 rings (SSSR count). The van der Waals surface area contributed by atoms with Gasteiger partial charge in [0.1, 0.15) is 0 Å². The lowest BCUT2D eigenvalue weighted by Gasteiger charge is -2.11. The maximum absolute atomic E-state index is 12.9. The highest BCUT2D eigenvalue weighted by Gasteiger charge is 2.30. The fourth-order valence-electron chi connectivity index (χ4n) is 2.08. The molecule has 0 fully saturated rings. The summed E-state index contributed by atoms with van der Waals surface area (Å²) in [6.45, 7) is 0. The van der Waals surface area contributed by atoms with Crippen molar-refractivity contribution < 1.29 is 18.0 Å². The molecule has 0 saturated carbocycles. The van der Waals surface area contributed by atoms with E-state index >= 15 is 0 Å². The molecule has 0 aliphatic heterocycles. The Kier molecular flexibility index (Phi) is 5.32. The van der Waals surface area contributed by atoms with Crippen LogP contribution in [0.15, 0.2) is 53.6 Å². The summed E-state index contributed by atoms with van der Waals surface area (Å²) in [4.78, 5) is 10.5. The van der Waals surface area contributed by atoms with E-state index in [1.807, 2.05) is 6.07 Å². The number of alkyl halides is 3. The van der Waals surface area contributed by atoms with Crippen molar-refractivity contribution >= 4 is 12.1 Å². The van der Waals surface area contributed by atoms with Gasteiger partial charge in [-0.15, -0.1) is 0 Å². The Morgan fingerprint density at radius 3 is 2.50 bits per heavy atom. The first-order valence-corrected chi connectivity index (χ1v) is 6.86. The average molecular weight is 331 g/mol. The molecule has 7 heteroatoms. The van der Waals surface area contributed by atoms with Gasteiger partial charge in [-0.3, -0.25) is 4.79 Å². The van der Waals surface area contributed by atoms with Gasteiger partial charge < -0.3 is 0 Å². The maximum atomic E-state index is 12.9. The van der Waals surface area contributed by atoms with Gasteiger partial charge >= 0.3 is 6.18 Å². The third-order valence-electron chi connectivity index (χ3n) is 3.23. The van der Waals surface area contributed by atoms with Gasteiger partial charge in [-0.2, -0.15) is 23.5 Å². The van der Waals surface area contributed by atoms with Gasteiger partial charge in [0, 0.05) is 6.42 Å². The molecule has 0 radical (unpaired) electrons. The Labute approximate surface area is 136 Å². The Hall–Kier alpha value is -3.14. The van der Waals surface area contributed by atoms with Crippen molar-refractivity contribution in [1.29, 1.82) is 5.26 Å². The van der Waals surface area contributed by atoms with Crippen LogP contribution in [0, 0.1) is 11.3 Å². The van der Waals surface area contributed by atoms with Crippen LogP contribution in [0.25, 0.3) is 0 Å². The van der Waals surface area contributed by atoms with Crippen LogP contribution in [0.2, 0.25) is 0 Å². The summed E-state index contributed by atoms with van der Waals surface area (Å²) in [5, 5.41) is 12.6. The van der Waals surface area contributed by atoms with Crippen molar-refractivity contribution in [2.45, 2.75) is 12.6 Å². The van der Waals surface area contributed by atoms with Gasteiger partial charge in [-0.1, -0.05) is 24.3 Å². The average Bonchev–Trinajstić information content (AvgIpc) is 2.58. The molecule has 0 saturated heterocycles. The van der Waals surface area contributed by atoms with Crippen LogP contribution < -0.4 is 5.43 Å². The van der Waals surface area contributed by atoms with E-state index in [9.17, 15) is 18.0 Å². The molecule has 0 spiro atoms. The summed E-state index contributed by atoms with van der Waals surface area (Å²) in [5.74, 6) is 0. The molecule has 2 aromatic carbocycles. The number of halogens is 3. The zero-order valence-corrected chi connectivity index (χ0v) is 12.3. The number of carbonyl (C=O) groups is 1. The third-order valence-corrected chi connectivity index (χ3v) is 3.23. The Morgan fingerprint density at radius 1 is 1.21 bits per heavy atom. The summed E-state index contributed by atoms with van der Waals surface area (Å²) in [5.41, 5.74) is 3.08. The lowest BCUT2D eigenvalue weighted by molar-refractivity contribution is -0.137. The number of hydrogen-bond acceptors (Lipinski definition) is 3. The Balaban J connectivity index is 2.35. The van der Waals surface area contributed by atoms with Crippen LogP contribution in [0.4, 0.5) is 13.2 Å². The van der Waals surface area contributed by atoms with Crippen molar-refractivity contribution in [3.8, 4) is 6.07 Å². The van der Waals surface area contributed by atoms with Crippen LogP contribution >= 0.6 is 0 Å². The van der Waals surface area contributed by atoms with Crippen LogP contribution in [-0.2, 0) is 17.4 Å². The molecule has 0 aromatic heterocycles. The smallest absolute Gasteiger partial charge is 0.277 e. The van der Waals surface area contributed by atoms with E-state index in [1.165, 1.54) is 12.1 Å². The highest BCUT2D eigenvalue weighted by atomic mass is 19.4. The lowest BCUT2D eigenvalue weighted by atomic mass is 9.99. The van der Waals surface area contributed by atoms with Gasteiger partial charge in [0.25, 0.3) is 0 Å². The van der Waals surface area contributed by atoms with Crippen molar-refractivity contribution in [2.75, 3.05) is 0 Å². The summed E-state index contributed by atoms with van der Waals surface area (Å²) in [6.07, 6.45) is -3.92. The molecule has 1 amide bonds. The maximum Gasteiger partial charge on any atom is 0.416 e. The van der Waals surface area contributed by atoms with Crippen LogP contribution in [0.3, 0.4) is 0 Å². The monoisotopic (exact) mass is 331 g/mol. The minimum atomic E-state index is -4.46. The number of nitrogens with zero attached hydrogens (tertiary/aromatic N) is 2. The first kappa shape index (κ1) is 17.2. The van der Waals surface area contributed by atoms with Crippen molar-refractivity contribution in [1.82, 2.24) is 5.43 Å². The van der Waals surface area contributed by atoms with Crippen molar-refractivity contribution in [3.05, 3.63) is 70.8 Å². The van der Waals surface area contributed by atoms with Gasteiger partial charge in [0.2, 0.25) is 6.41 Å². The van der Waals surface area contributed by atoms with Gasteiger partial charge in [0.15, 0.2) is 0 Å². The number of nitriles is 1. The largest absolute Gasteiger partial charge is 0.416 e. The minimum absolute atomic E-state index is 0.202. The summed E-state index contributed by atoms with van der Waals surface area (Å²) < 4.78 is 38.6. The van der Waals surface area contributed by atoms with E-state index < -0.39 is 11.7 Å². The second-order valence-corrected chi connectivity index (χ2v) is 4.87. The molecule has 0 aliphatic carbocycles. The third kappa shape index (κ3) is 4.43. The Bertz CT molecular complexity index is 790. The molecular weight excluding hydrogens is 319 g/mol. The van der Waals surface area contributed by atoms with E-state index in [2.05, 4.69) is 10.5 Å². The minimum Gasteiger partial charge on any atom is -0.277 e. The fraction of sp³-hybridized carbons (Fsp3) is 0.118. The number of rotatable bonds is 5. The molecule has 1 N–H and O–H groups in total. The number of hydrazone groups is 1. The van der Waals surface area contributed by atoms with Crippen molar-refractivity contribution in [2.24, 2.45) is 5.10 Å². The van der Waals surface area contributed by atoms with E-state index in [4.69, 9.17) is 5.26 Å². The SMILES string of the molecule is N#Cc1ccc(C/C(=N/NC=O)c2cccc(C(F)(F)F)c2)cc1. The van der Waals surface area contributed by atoms with Gasteiger partial charge in [0.05, 0.1) is 22.9 Å². The predicted molar refractivity (Wildman–Crippen MR) is 82.0 cm³/mol. The predicted octanol–water partition coefficient (Wildman–Crippen LogP) is 3.27. The summed E-state index contributed by atoms with van der Waals surface area (Å²) >= 11 is 0. The summed E-state index contributed by atoms with van der Waals surface area (Å²) in [7, 11) is 0. The lowest BCUT2D eigenvalue weighted by Crippen LogP contribution is -2.14. The van der Waals surface area contributed by atoms with E-state index in [0.717, 1.165) is 17.7 Å². The molecule has 0 bridgehead atoms. The Morgan fingerprint density at radius 2 is 1.92 bits per heavy atom. The molecule has 2 aromatic rings. The molecule has 4 nitrogen and oxygen atoms in total. The van der Waals surface area contributed by atoms with E-state index in [1.54, 1.807) is 24.3 Å². The van der Waals surface area contributed by atoms with Crippen molar-refractivity contribution in [3.63, 3.8) is 0 Å². The first-order valence-electron chi connectivity index (χ1n) is 6.86. The first-order chi connectivity index (χ1) is 11.4. The molecule has 0 atom stereocenters. The molecule has 122 valence electrons. The number of carbonyl (C=O) groups excluding carboxylic acids is 1. The second-order valence-electron chi connectivity index (χ2n) is 4.87. The molecule has 0 unspecified atom stereocenters. The molecule has 0 heterocycles. The molecule has 24 heavy (non-hydrogen) atoms. The zero-order valence-electron chi connectivity index (χ0n) is 12.3. The molecule has 0 aliphatic rings. The number of benzene rings is 2. The number of amides is 1. The van der Waals surface area contributed by atoms with E-state index in [0.29, 0.717) is 12.0 Å². The molecular formula is C17H12F3N3O. The van der Waals surface area contributed by atoms with Gasteiger partial charge in [-0.05, 0) is 35.4 Å². The topological polar surface area (TPSA) is 65.2 Å². The quantitative estimate of drug-likeness (QED) is 0.519. The number of hydrogen-bond donors (Lipinski definition) is 1. The normalized spacial score (nSPS) is 11.7. The summed E-state index contributed by atoms with van der Waals surface area (Å²) in [6, 6.07) is 13.3. The van der Waals surface area contributed by atoms with Crippen LogP contribution in [-0.4, -0.2) is 12.1 Å². The second kappa shape index (κ2) is 7.42. The fourth-order valence-corrected chi connectivity index (χ4v) is 2.08. The number of nitrogens with one attached hydrogen (secondary N) is 1. The van der Waals surface area contributed by atoms with Crippen LogP contribution in [0.5, 0.6) is 0 Å². The zero-order chi connectivity index (χ0) is 17.6. The highest BCUT2D eigenvalue weighted by molar-refractivity contribution is 6.02.